The number of para-hydroxylation sites is 2. The third-order valence-electron chi connectivity index (χ3n) is 4.80. The van der Waals surface area contributed by atoms with Crippen LogP contribution in [-0.2, 0) is 4.79 Å². The van der Waals surface area contributed by atoms with Crippen molar-refractivity contribution in [3.63, 3.8) is 0 Å². The number of carbonyl (C=O) groups excluding carboxylic acids is 2. The molecule has 0 bridgehead atoms. The molecule has 0 fully saturated rings. The van der Waals surface area contributed by atoms with E-state index < -0.39 is 0 Å². The lowest BCUT2D eigenvalue weighted by molar-refractivity contribution is -0.116. The van der Waals surface area contributed by atoms with E-state index in [1.54, 1.807) is 34.9 Å². The second kappa shape index (κ2) is 9.45. The molecule has 3 rings (SSSR count). The quantitative estimate of drug-likeness (QED) is 0.731. The van der Waals surface area contributed by atoms with Gasteiger partial charge in [-0.25, -0.2) is 0 Å². The van der Waals surface area contributed by atoms with Crippen LogP contribution in [0, 0.1) is 0 Å². The molecule has 0 saturated carbocycles. The maximum absolute atomic E-state index is 13.4. The molecule has 0 radical (unpaired) electrons. The highest BCUT2D eigenvalue weighted by molar-refractivity contribution is 6.09. The molecule has 154 valence electrons. The van der Waals surface area contributed by atoms with Gasteiger partial charge in [-0.3, -0.25) is 9.59 Å². The van der Waals surface area contributed by atoms with Crippen LogP contribution in [0.1, 0.15) is 44.0 Å². The van der Waals surface area contributed by atoms with E-state index in [4.69, 9.17) is 9.47 Å². The van der Waals surface area contributed by atoms with Crippen molar-refractivity contribution >= 4 is 23.2 Å². The van der Waals surface area contributed by atoms with Crippen molar-refractivity contribution in [2.24, 2.45) is 0 Å². The standard InChI is InChI=1S/C23H28N2O4/c1-4-15-29-21-12-11-18(16-22(21)28-5-2)23(27)25-14-8-13-24(17(3)26)19-9-6-7-10-20(19)25/h6-7,9-12,16H,4-5,8,13-15H2,1-3H3. The summed E-state index contributed by atoms with van der Waals surface area (Å²) in [4.78, 5) is 29.0. The lowest BCUT2D eigenvalue weighted by Crippen LogP contribution is -2.31. The van der Waals surface area contributed by atoms with E-state index in [-0.39, 0.29) is 11.8 Å². The second-order valence-corrected chi connectivity index (χ2v) is 6.91. The van der Waals surface area contributed by atoms with Crippen molar-refractivity contribution in [3.05, 3.63) is 48.0 Å². The summed E-state index contributed by atoms with van der Waals surface area (Å²) >= 11 is 0. The maximum atomic E-state index is 13.4. The first-order valence-electron chi connectivity index (χ1n) is 10.2. The molecule has 6 heteroatoms. The zero-order chi connectivity index (χ0) is 20.8. The third-order valence-corrected chi connectivity index (χ3v) is 4.80. The number of anilines is 2. The molecule has 1 heterocycles. The largest absolute Gasteiger partial charge is 0.490 e. The summed E-state index contributed by atoms with van der Waals surface area (Å²) in [5.41, 5.74) is 2.04. The van der Waals surface area contributed by atoms with Crippen molar-refractivity contribution in [2.45, 2.75) is 33.6 Å². The molecule has 1 aliphatic heterocycles. The molecule has 2 amide bonds. The van der Waals surface area contributed by atoms with Crippen molar-refractivity contribution in [2.75, 3.05) is 36.1 Å². The molecule has 29 heavy (non-hydrogen) atoms. The van der Waals surface area contributed by atoms with Gasteiger partial charge in [0.15, 0.2) is 11.5 Å². The SMILES string of the molecule is CCCOc1ccc(C(=O)N2CCCN(C(C)=O)c3ccccc32)cc1OCC. The molecule has 0 aromatic heterocycles. The fourth-order valence-corrected chi connectivity index (χ4v) is 3.48. The fraction of sp³-hybridized carbons (Fsp3) is 0.391. The zero-order valence-electron chi connectivity index (χ0n) is 17.3. The second-order valence-electron chi connectivity index (χ2n) is 6.91. The lowest BCUT2D eigenvalue weighted by Gasteiger charge is -2.25. The number of hydrogen-bond donors (Lipinski definition) is 0. The molecule has 0 spiro atoms. The van der Waals surface area contributed by atoms with E-state index in [2.05, 4.69) is 0 Å². The van der Waals surface area contributed by atoms with Crippen LogP contribution in [0.15, 0.2) is 42.5 Å². The number of carbonyl (C=O) groups is 2. The summed E-state index contributed by atoms with van der Waals surface area (Å²) in [5, 5.41) is 0. The van der Waals surface area contributed by atoms with Gasteiger partial charge in [0.2, 0.25) is 5.91 Å². The van der Waals surface area contributed by atoms with E-state index >= 15 is 0 Å². The van der Waals surface area contributed by atoms with E-state index in [0.29, 0.717) is 49.8 Å². The Labute approximate surface area is 172 Å². The molecular formula is C23H28N2O4. The number of nitrogens with zero attached hydrogens (tertiary/aromatic N) is 2. The summed E-state index contributed by atoms with van der Waals surface area (Å²) < 4.78 is 11.4. The van der Waals surface area contributed by atoms with Gasteiger partial charge in [-0.15, -0.1) is 0 Å². The molecule has 6 nitrogen and oxygen atoms in total. The monoisotopic (exact) mass is 396 g/mol. The van der Waals surface area contributed by atoms with Gasteiger partial charge in [-0.1, -0.05) is 19.1 Å². The number of hydrogen-bond acceptors (Lipinski definition) is 4. The molecule has 0 saturated heterocycles. The van der Waals surface area contributed by atoms with Gasteiger partial charge in [0.25, 0.3) is 5.91 Å². The minimum atomic E-state index is -0.120. The van der Waals surface area contributed by atoms with Gasteiger partial charge >= 0.3 is 0 Å². The Kier molecular flexibility index (Phi) is 6.75. The number of rotatable bonds is 6. The highest BCUT2D eigenvalue weighted by Crippen LogP contribution is 2.35. The van der Waals surface area contributed by atoms with Crippen LogP contribution in [-0.4, -0.2) is 38.1 Å². The van der Waals surface area contributed by atoms with Crippen molar-refractivity contribution in [1.29, 1.82) is 0 Å². The molecule has 0 unspecified atom stereocenters. The smallest absolute Gasteiger partial charge is 0.258 e. The van der Waals surface area contributed by atoms with Crippen LogP contribution in [0.3, 0.4) is 0 Å². The van der Waals surface area contributed by atoms with Crippen molar-refractivity contribution in [1.82, 2.24) is 0 Å². The Hall–Kier alpha value is -3.02. The van der Waals surface area contributed by atoms with E-state index in [1.807, 2.05) is 38.1 Å². The molecular weight excluding hydrogens is 368 g/mol. The molecule has 0 aliphatic carbocycles. The number of ether oxygens (including phenoxy) is 2. The molecule has 2 aromatic carbocycles. The van der Waals surface area contributed by atoms with Crippen molar-refractivity contribution in [3.8, 4) is 11.5 Å². The van der Waals surface area contributed by atoms with Gasteiger partial charge < -0.3 is 19.3 Å². The van der Waals surface area contributed by atoms with Gasteiger partial charge in [-0.2, -0.15) is 0 Å². The fourth-order valence-electron chi connectivity index (χ4n) is 3.48. The van der Waals surface area contributed by atoms with Crippen LogP contribution in [0.4, 0.5) is 11.4 Å². The molecule has 1 aliphatic rings. The van der Waals surface area contributed by atoms with E-state index in [9.17, 15) is 9.59 Å². The van der Waals surface area contributed by atoms with Gasteiger partial charge in [0.1, 0.15) is 0 Å². The van der Waals surface area contributed by atoms with Gasteiger partial charge in [0.05, 0.1) is 24.6 Å². The third kappa shape index (κ3) is 4.53. The first-order chi connectivity index (χ1) is 14.1. The van der Waals surface area contributed by atoms with E-state index in [0.717, 1.165) is 17.8 Å². The van der Waals surface area contributed by atoms with Crippen molar-refractivity contribution < 1.29 is 19.1 Å². The average Bonchev–Trinajstić information content (AvgIpc) is 2.92. The number of benzene rings is 2. The Morgan fingerprint density at radius 3 is 2.28 bits per heavy atom. The first-order valence-corrected chi connectivity index (χ1v) is 10.2. The Balaban J connectivity index is 1.95. The summed E-state index contributed by atoms with van der Waals surface area (Å²) in [7, 11) is 0. The van der Waals surface area contributed by atoms with Crippen LogP contribution in [0.2, 0.25) is 0 Å². The van der Waals surface area contributed by atoms with Crippen LogP contribution < -0.4 is 19.3 Å². The highest BCUT2D eigenvalue weighted by Gasteiger charge is 2.27. The normalized spacial score (nSPS) is 13.5. The van der Waals surface area contributed by atoms with Crippen LogP contribution in [0.25, 0.3) is 0 Å². The summed E-state index contributed by atoms with van der Waals surface area (Å²) in [5.74, 6) is 1.07. The number of amides is 2. The molecule has 2 aromatic rings. The summed E-state index contributed by atoms with van der Waals surface area (Å²) in [6.45, 7) is 7.70. The average molecular weight is 396 g/mol. The predicted octanol–water partition coefficient (Wildman–Crippen LogP) is 4.28. The van der Waals surface area contributed by atoms with Gasteiger partial charge in [0, 0.05) is 25.6 Å². The maximum Gasteiger partial charge on any atom is 0.258 e. The van der Waals surface area contributed by atoms with E-state index in [1.165, 1.54) is 0 Å². The summed E-state index contributed by atoms with van der Waals surface area (Å²) in [6, 6.07) is 12.8. The van der Waals surface area contributed by atoms with Gasteiger partial charge in [-0.05, 0) is 50.1 Å². The highest BCUT2D eigenvalue weighted by atomic mass is 16.5. The molecule has 0 atom stereocenters. The van der Waals surface area contributed by atoms with Crippen LogP contribution in [0.5, 0.6) is 11.5 Å². The topological polar surface area (TPSA) is 59.1 Å². The Morgan fingerprint density at radius 2 is 1.62 bits per heavy atom. The summed E-state index contributed by atoms with van der Waals surface area (Å²) in [6.07, 6.45) is 1.60. The minimum Gasteiger partial charge on any atom is -0.490 e. The van der Waals surface area contributed by atoms with Crippen LogP contribution >= 0.6 is 0 Å². The predicted molar refractivity (Wildman–Crippen MR) is 114 cm³/mol. The first kappa shape index (κ1) is 20.7. The number of fused-ring (bicyclic) bond motifs is 1. The minimum absolute atomic E-state index is 0.0252. The Morgan fingerprint density at radius 1 is 0.931 bits per heavy atom. The molecule has 0 N–H and O–H groups in total. The zero-order valence-corrected chi connectivity index (χ0v) is 17.3. The Bertz CT molecular complexity index is 881. The lowest BCUT2D eigenvalue weighted by atomic mass is 10.1.